The third kappa shape index (κ3) is 2.68. The molecule has 0 amide bonds. The average molecular weight is 426 g/mol. The zero-order chi connectivity index (χ0) is 21.2. The molecule has 1 aromatic carbocycles. The van der Waals surface area contributed by atoms with Gasteiger partial charge >= 0.3 is 5.69 Å². The lowest BCUT2D eigenvalue weighted by Gasteiger charge is -2.13. The van der Waals surface area contributed by atoms with Crippen molar-refractivity contribution < 1.29 is 0 Å². The predicted molar refractivity (Wildman–Crippen MR) is 118 cm³/mol. The van der Waals surface area contributed by atoms with Crippen LogP contribution in [-0.2, 0) is 13.6 Å². The molecular formula is C22H24ClN5O2. The lowest BCUT2D eigenvalue weighted by atomic mass is 10.2. The van der Waals surface area contributed by atoms with Crippen LogP contribution in [0.3, 0.4) is 0 Å². The first kappa shape index (κ1) is 19.2. The molecule has 8 heteroatoms. The van der Waals surface area contributed by atoms with Crippen LogP contribution in [-0.4, -0.2) is 23.1 Å². The average Bonchev–Trinajstić information content (AvgIpc) is 3.42. The van der Waals surface area contributed by atoms with Gasteiger partial charge in [-0.3, -0.25) is 18.3 Å². The Morgan fingerprint density at radius 3 is 2.57 bits per heavy atom. The highest BCUT2D eigenvalue weighted by molar-refractivity contribution is 6.30. The summed E-state index contributed by atoms with van der Waals surface area (Å²) >= 11 is 6.09. The Bertz CT molecular complexity index is 1420. The molecule has 0 N–H and O–H groups in total. The van der Waals surface area contributed by atoms with E-state index in [1.54, 1.807) is 19.2 Å². The van der Waals surface area contributed by atoms with E-state index in [0.717, 1.165) is 35.6 Å². The summed E-state index contributed by atoms with van der Waals surface area (Å²) in [5, 5.41) is 0.574. The largest absolute Gasteiger partial charge is 0.332 e. The van der Waals surface area contributed by atoms with Crippen LogP contribution in [0.2, 0.25) is 5.02 Å². The number of aromatic nitrogens is 5. The maximum absolute atomic E-state index is 13.5. The Labute approximate surface area is 178 Å². The van der Waals surface area contributed by atoms with E-state index < -0.39 is 0 Å². The van der Waals surface area contributed by atoms with Gasteiger partial charge in [-0.2, -0.15) is 4.98 Å². The molecule has 0 atom stereocenters. The van der Waals surface area contributed by atoms with Gasteiger partial charge in [-0.05, 0) is 44.4 Å². The van der Waals surface area contributed by atoms with E-state index >= 15 is 0 Å². The minimum atomic E-state index is -0.380. The molecule has 1 aliphatic carbocycles. The van der Waals surface area contributed by atoms with Crippen LogP contribution in [0.5, 0.6) is 0 Å². The molecule has 0 bridgehead atoms. The Morgan fingerprint density at radius 2 is 1.87 bits per heavy atom. The lowest BCUT2D eigenvalue weighted by molar-refractivity contribution is 0.520. The van der Waals surface area contributed by atoms with Gasteiger partial charge < -0.3 is 4.57 Å². The summed E-state index contributed by atoms with van der Waals surface area (Å²) in [6, 6.07) is 7.62. The minimum Gasteiger partial charge on any atom is -0.311 e. The zero-order valence-corrected chi connectivity index (χ0v) is 18.1. The van der Waals surface area contributed by atoms with Crippen molar-refractivity contribution in [2.24, 2.45) is 7.05 Å². The molecule has 5 rings (SSSR count). The van der Waals surface area contributed by atoms with Gasteiger partial charge in [0, 0.05) is 29.5 Å². The number of aryl methyl sites for hydroxylation is 2. The molecule has 3 aromatic heterocycles. The van der Waals surface area contributed by atoms with Crippen molar-refractivity contribution in [2.75, 3.05) is 0 Å². The fraction of sp³-hybridized carbons (Fsp3) is 0.409. The fourth-order valence-corrected chi connectivity index (χ4v) is 5.04. The van der Waals surface area contributed by atoms with Crippen molar-refractivity contribution in [1.29, 1.82) is 0 Å². The first-order chi connectivity index (χ1) is 14.4. The second-order valence-electron chi connectivity index (χ2n) is 8.26. The highest BCUT2D eigenvalue weighted by Gasteiger charge is 2.27. The molecular weight excluding hydrogens is 402 g/mol. The first-order valence-corrected chi connectivity index (χ1v) is 10.7. The molecule has 0 aliphatic heterocycles. The van der Waals surface area contributed by atoms with Crippen LogP contribution < -0.4 is 11.2 Å². The van der Waals surface area contributed by atoms with Gasteiger partial charge in [0.25, 0.3) is 5.56 Å². The Hall–Kier alpha value is -2.80. The predicted octanol–water partition coefficient (Wildman–Crippen LogP) is 3.58. The number of halogens is 1. The number of rotatable bonds is 3. The molecule has 3 heterocycles. The van der Waals surface area contributed by atoms with Crippen molar-refractivity contribution in [3.63, 3.8) is 0 Å². The van der Waals surface area contributed by atoms with E-state index in [9.17, 15) is 9.59 Å². The highest BCUT2D eigenvalue weighted by atomic mass is 35.5. The smallest absolute Gasteiger partial charge is 0.311 e. The van der Waals surface area contributed by atoms with Crippen molar-refractivity contribution in [3.05, 3.63) is 67.1 Å². The van der Waals surface area contributed by atoms with Gasteiger partial charge in [0.2, 0.25) is 5.78 Å². The molecule has 0 spiro atoms. The van der Waals surface area contributed by atoms with Crippen LogP contribution in [0.15, 0.2) is 33.9 Å². The number of hydrogen-bond acceptors (Lipinski definition) is 3. The van der Waals surface area contributed by atoms with E-state index in [2.05, 4.69) is 11.5 Å². The quantitative estimate of drug-likeness (QED) is 0.504. The minimum absolute atomic E-state index is 0.163. The Balaban J connectivity index is 1.81. The molecule has 1 aliphatic rings. The van der Waals surface area contributed by atoms with E-state index in [-0.39, 0.29) is 17.8 Å². The van der Waals surface area contributed by atoms with Gasteiger partial charge in [-0.15, -0.1) is 0 Å². The molecule has 0 saturated heterocycles. The lowest BCUT2D eigenvalue weighted by Crippen LogP contribution is -2.39. The molecule has 156 valence electrons. The third-order valence-corrected chi connectivity index (χ3v) is 6.72. The van der Waals surface area contributed by atoms with Crippen LogP contribution in [0, 0.1) is 13.8 Å². The van der Waals surface area contributed by atoms with E-state index in [0.29, 0.717) is 22.2 Å². The standard InChI is InChI=1S/C22H24ClN5O2/c1-13-14(2)28-18-19(24-21(28)27(13)17-9-4-5-10-17)25(3)22(30)26(20(18)29)12-15-7-6-8-16(23)11-15/h6-8,11,17H,4-5,9-10,12H2,1-3H3. The summed E-state index contributed by atoms with van der Waals surface area (Å²) in [5.41, 5.74) is 3.09. The van der Waals surface area contributed by atoms with Gasteiger partial charge in [0.15, 0.2) is 11.2 Å². The van der Waals surface area contributed by atoms with Crippen molar-refractivity contribution >= 4 is 28.5 Å². The molecule has 0 radical (unpaired) electrons. The van der Waals surface area contributed by atoms with E-state index in [4.69, 9.17) is 16.6 Å². The second kappa shape index (κ2) is 6.87. The van der Waals surface area contributed by atoms with Crippen molar-refractivity contribution in [1.82, 2.24) is 23.1 Å². The fourth-order valence-electron chi connectivity index (χ4n) is 4.83. The van der Waals surface area contributed by atoms with Gasteiger partial charge in [-0.25, -0.2) is 4.79 Å². The van der Waals surface area contributed by atoms with Gasteiger partial charge in [-0.1, -0.05) is 36.6 Å². The van der Waals surface area contributed by atoms with Crippen LogP contribution in [0.4, 0.5) is 0 Å². The highest BCUT2D eigenvalue weighted by Crippen LogP contribution is 2.34. The summed E-state index contributed by atoms with van der Waals surface area (Å²) in [4.78, 5) is 31.3. The Kier molecular flexibility index (Phi) is 4.39. The van der Waals surface area contributed by atoms with Gasteiger partial charge in [0.05, 0.1) is 6.54 Å². The second-order valence-corrected chi connectivity index (χ2v) is 8.70. The maximum Gasteiger partial charge on any atom is 0.332 e. The molecule has 0 unspecified atom stereocenters. The van der Waals surface area contributed by atoms with Gasteiger partial charge in [0.1, 0.15) is 0 Å². The number of benzene rings is 1. The van der Waals surface area contributed by atoms with Crippen LogP contribution in [0.1, 0.15) is 48.7 Å². The summed E-state index contributed by atoms with van der Waals surface area (Å²) in [6.45, 7) is 4.26. The zero-order valence-electron chi connectivity index (χ0n) is 17.4. The van der Waals surface area contributed by atoms with Crippen molar-refractivity contribution in [2.45, 2.75) is 52.1 Å². The number of nitrogens with zero attached hydrogens (tertiary/aromatic N) is 5. The molecule has 1 saturated carbocycles. The number of imidazole rings is 2. The van der Waals surface area contributed by atoms with Crippen LogP contribution in [0.25, 0.3) is 16.9 Å². The monoisotopic (exact) mass is 425 g/mol. The number of hydrogen-bond donors (Lipinski definition) is 0. The Morgan fingerprint density at radius 1 is 1.13 bits per heavy atom. The molecule has 30 heavy (non-hydrogen) atoms. The van der Waals surface area contributed by atoms with E-state index in [1.165, 1.54) is 22.0 Å². The summed E-state index contributed by atoms with van der Waals surface area (Å²) in [6.07, 6.45) is 4.65. The topological polar surface area (TPSA) is 66.2 Å². The van der Waals surface area contributed by atoms with E-state index in [1.807, 2.05) is 23.5 Å². The summed E-state index contributed by atoms with van der Waals surface area (Å²) < 4.78 is 6.93. The van der Waals surface area contributed by atoms with Crippen molar-refractivity contribution in [3.8, 4) is 0 Å². The summed E-state index contributed by atoms with van der Waals surface area (Å²) in [7, 11) is 1.67. The maximum atomic E-state index is 13.5. The molecule has 4 aromatic rings. The molecule has 7 nitrogen and oxygen atoms in total. The SMILES string of the molecule is Cc1c(C)n2c3c(=O)n(Cc4cccc(Cl)c4)c(=O)n(C)c3nc2n1C1CCCC1. The molecule has 1 fully saturated rings. The normalized spacial score (nSPS) is 15.1. The third-order valence-electron chi connectivity index (χ3n) is 6.48. The summed E-state index contributed by atoms with van der Waals surface area (Å²) in [5.74, 6) is 0.750. The van der Waals surface area contributed by atoms with Crippen LogP contribution >= 0.6 is 11.6 Å². The first-order valence-electron chi connectivity index (χ1n) is 10.3. The number of fused-ring (bicyclic) bond motifs is 3.